The molecule has 0 aliphatic rings. The number of unbranched alkanes of at least 4 members (excludes halogenated alkanes) is 18. The van der Waals surface area contributed by atoms with E-state index in [1.54, 1.807) is 6.08 Å². The van der Waals surface area contributed by atoms with Gasteiger partial charge in [0, 0.05) is 0 Å². The van der Waals surface area contributed by atoms with Crippen molar-refractivity contribution in [1.29, 1.82) is 0 Å². The van der Waals surface area contributed by atoms with Crippen LogP contribution in [0.4, 0.5) is 0 Å². The quantitative estimate of drug-likeness (QED) is 0.0685. The largest absolute Gasteiger partial charge is 0.394 e. The van der Waals surface area contributed by atoms with Gasteiger partial charge in [0.1, 0.15) is 0 Å². The van der Waals surface area contributed by atoms with Crippen molar-refractivity contribution >= 4 is 5.91 Å². The number of aliphatic hydroxyl groups excluding tert-OH is 3. The van der Waals surface area contributed by atoms with Crippen LogP contribution in [0.15, 0.2) is 12.2 Å². The molecule has 0 aromatic heterocycles. The standard InChI is InChI=1S/C31H61NO4/c1-3-5-7-9-11-13-14-15-17-18-20-22-24-28(34)26-31(36)32-29(27-33)30(35)25-23-21-19-16-12-10-8-6-4-2/h23,25,28-30,33-35H,3-22,24,26-27H2,1-2H3,(H,32,36)/b25-23+. The second-order valence-corrected chi connectivity index (χ2v) is 10.7. The monoisotopic (exact) mass is 511 g/mol. The summed E-state index contributed by atoms with van der Waals surface area (Å²) in [5.41, 5.74) is 0. The fourth-order valence-electron chi connectivity index (χ4n) is 4.63. The summed E-state index contributed by atoms with van der Waals surface area (Å²) < 4.78 is 0. The lowest BCUT2D eigenvalue weighted by atomic mass is 10.0. The minimum absolute atomic E-state index is 0.0169. The normalized spacial score (nSPS) is 14.2. The first-order valence-electron chi connectivity index (χ1n) is 15.5. The van der Waals surface area contributed by atoms with Gasteiger partial charge >= 0.3 is 0 Å². The highest BCUT2D eigenvalue weighted by molar-refractivity contribution is 5.76. The van der Waals surface area contributed by atoms with Crippen molar-refractivity contribution in [2.75, 3.05) is 6.61 Å². The molecule has 5 nitrogen and oxygen atoms in total. The molecule has 5 heteroatoms. The molecule has 0 saturated carbocycles. The van der Waals surface area contributed by atoms with E-state index in [2.05, 4.69) is 19.2 Å². The summed E-state index contributed by atoms with van der Waals surface area (Å²) in [7, 11) is 0. The highest BCUT2D eigenvalue weighted by Crippen LogP contribution is 2.14. The van der Waals surface area contributed by atoms with E-state index in [0.29, 0.717) is 6.42 Å². The molecule has 0 spiro atoms. The summed E-state index contributed by atoms with van der Waals surface area (Å²) in [5, 5.41) is 32.7. The molecule has 0 fully saturated rings. The number of hydrogen-bond acceptors (Lipinski definition) is 4. The summed E-state index contributed by atoms with van der Waals surface area (Å²) in [5.74, 6) is -0.319. The Kier molecular flexibility index (Phi) is 26.4. The minimum Gasteiger partial charge on any atom is -0.394 e. The van der Waals surface area contributed by atoms with Crippen molar-refractivity contribution < 1.29 is 20.1 Å². The molecule has 0 bridgehead atoms. The molecule has 36 heavy (non-hydrogen) atoms. The van der Waals surface area contributed by atoms with E-state index >= 15 is 0 Å². The van der Waals surface area contributed by atoms with Crippen LogP contribution < -0.4 is 5.32 Å². The smallest absolute Gasteiger partial charge is 0.222 e. The maximum Gasteiger partial charge on any atom is 0.222 e. The van der Waals surface area contributed by atoms with E-state index in [4.69, 9.17) is 0 Å². The van der Waals surface area contributed by atoms with Crippen LogP contribution in [0.1, 0.15) is 155 Å². The van der Waals surface area contributed by atoms with Gasteiger partial charge in [0.2, 0.25) is 5.91 Å². The molecule has 0 aromatic rings. The Morgan fingerprint density at radius 1 is 0.694 bits per heavy atom. The topological polar surface area (TPSA) is 89.8 Å². The van der Waals surface area contributed by atoms with E-state index in [9.17, 15) is 20.1 Å². The number of nitrogens with one attached hydrogen (secondary N) is 1. The summed E-state index contributed by atoms with van der Waals surface area (Å²) in [6.45, 7) is 4.15. The average Bonchev–Trinajstić information content (AvgIpc) is 2.86. The molecule has 3 unspecified atom stereocenters. The number of aliphatic hydroxyl groups is 3. The van der Waals surface area contributed by atoms with Crippen molar-refractivity contribution in [2.24, 2.45) is 0 Å². The molecule has 214 valence electrons. The molecule has 0 aliphatic heterocycles. The van der Waals surface area contributed by atoms with Gasteiger partial charge in [-0.25, -0.2) is 0 Å². The van der Waals surface area contributed by atoms with Crippen LogP contribution in [0.25, 0.3) is 0 Å². The Bertz CT molecular complexity index is 497. The van der Waals surface area contributed by atoms with Crippen molar-refractivity contribution in [3.63, 3.8) is 0 Å². The Morgan fingerprint density at radius 3 is 1.61 bits per heavy atom. The lowest BCUT2D eigenvalue weighted by Gasteiger charge is -2.21. The second kappa shape index (κ2) is 27.1. The molecular weight excluding hydrogens is 450 g/mol. The van der Waals surface area contributed by atoms with Crippen LogP contribution in [0, 0.1) is 0 Å². The third-order valence-electron chi connectivity index (χ3n) is 7.07. The van der Waals surface area contributed by atoms with Crippen LogP contribution >= 0.6 is 0 Å². The third-order valence-corrected chi connectivity index (χ3v) is 7.07. The summed E-state index contributed by atoms with van der Waals surface area (Å²) in [6.07, 6.45) is 27.6. The number of carbonyl (C=O) groups excluding carboxylic acids is 1. The van der Waals surface area contributed by atoms with Crippen molar-refractivity contribution in [2.45, 2.75) is 173 Å². The predicted octanol–water partition coefficient (Wildman–Crippen LogP) is 7.36. The molecule has 0 radical (unpaired) electrons. The van der Waals surface area contributed by atoms with Gasteiger partial charge in [-0.1, -0.05) is 142 Å². The van der Waals surface area contributed by atoms with Crippen LogP contribution in [0.2, 0.25) is 0 Å². The zero-order chi connectivity index (χ0) is 26.7. The summed E-state index contributed by atoms with van der Waals surface area (Å²) >= 11 is 0. The van der Waals surface area contributed by atoms with Gasteiger partial charge in [-0.05, 0) is 19.3 Å². The number of hydrogen-bond donors (Lipinski definition) is 4. The average molecular weight is 512 g/mol. The van der Waals surface area contributed by atoms with Crippen molar-refractivity contribution in [3.8, 4) is 0 Å². The summed E-state index contributed by atoms with van der Waals surface area (Å²) in [4.78, 5) is 12.3. The van der Waals surface area contributed by atoms with Gasteiger partial charge in [0.15, 0.2) is 0 Å². The Labute approximate surface area is 223 Å². The van der Waals surface area contributed by atoms with Gasteiger partial charge in [0.25, 0.3) is 0 Å². The SMILES string of the molecule is CCCCCCCCC/C=C/C(O)C(CO)NC(=O)CC(O)CCCCCCCCCCCCCC. The number of carbonyl (C=O) groups is 1. The van der Waals surface area contributed by atoms with E-state index in [1.165, 1.54) is 103 Å². The first-order chi connectivity index (χ1) is 17.5. The highest BCUT2D eigenvalue weighted by Gasteiger charge is 2.20. The van der Waals surface area contributed by atoms with Crippen LogP contribution in [0.5, 0.6) is 0 Å². The van der Waals surface area contributed by atoms with Crippen LogP contribution in [-0.4, -0.2) is 46.1 Å². The van der Waals surface area contributed by atoms with E-state index in [0.717, 1.165) is 25.7 Å². The van der Waals surface area contributed by atoms with E-state index < -0.39 is 18.2 Å². The zero-order valence-corrected chi connectivity index (χ0v) is 23.9. The minimum atomic E-state index is -0.919. The van der Waals surface area contributed by atoms with E-state index in [-0.39, 0.29) is 18.9 Å². The lowest BCUT2D eigenvalue weighted by molar-refractivity contribution is -0.124. The van der Waals surface area contributed by atoms with Gasteiger partial charge in [0.05, 0.1) is 31.3 Å². The maximum absolute atomic E-state index is 12.3. The maximum atomic E-state index is 12.3. The van der Waals surface area contributed by atoms with Crippen LogP contribution in [-0.2, 0) is 4.79 Å². The molecule has 0 aromatic carbocycles. The fourth-order valence-corrected chi connectivity index (χ4v) is 4.63. The lowest BCUT2D eigenvalue weighted by Crippen LogP contribution is -2.45. The van der Waals surface area contributed by atoms with Crippen molar-refractivity contribution in [1.82, 2.24) is 5.32 Å². The van der Waals surface area contributed by atoms with E-state index in [1.807, 2.05) is 6.08 Å². The zero-order valence-electron chi connectivity index (χ0n) is 23.9. The molecule has 0 rings (SSSR count). The second-order valence-electron chi connectivity index (χ2n) is 10.7. The summed E-state index contributed by atoms with van der Waals surface area (Å²) in [6, 6.07) is -0.735. The Hall–Kier alpha value is -0.910. The molecule has 0 heterocycles. The first-order valence-corrected chi connectivity index (χ1v) is 15.5. The fraction of sp³-hybridized carbons (Fsp3) is 0.903. The van der Waals surface area contributed by atoms with Gasteiger partial charge < -0.3 is 20.6 Å². The number of amides is 1. The molecular formula is C31H61NO4. The Balaban J connectivity index is 3.79. The molecule has 3 atom stereocenters. The molecule has 1 amide bonds. The van der Waals surface area contributed by atoms with Crippen molar-refractivity contribution in [3.05, 3.63) is 12.2 Å². The van der Waals surface area contributed by atoms with Gasteiger partial charge in [-0.2, -0.15) is 0 Å². The Morgan fingerprint density at radius 2 is 1.14 bits per heavy atom. The first kappa shape index (κ1) is 35.1. The molecule has 0 aliphatic carbocycles. The third kappa shape index (κ3) is 23.5. The molecule has 4 N–H and O–H groups in total. The number of allylic oxidation sites excluding steroid dienone is 1. The van der Waals surface area contributed by atoms with Crippen LogP contribution in [0.3, 0.4) is 0 Å². The van der Waals surface area contributed by atoms with Gasteiger partial charge in [-0.3, -0.25) is 4.79 Å². The highest BCUT2D eigenvalue weighted by atomic mass is 16.3. The molecule has 0 saturated heterocycles. The predicted molar refractivity (Wildman–Crippen MR) is 153 cm³/mol. The van der Waals surface area contributed by atoms with Gasteiger partial charge in [-0.15, -0.1) is 0 Å². The number of rotatable bonds is 27.